The van der Waals surface area contributed by atoms with Gasteiger partial charge in [-0.3, -0.25) is 0 Å². The van der Waals surface area contributed by atoms with Crippen molar-refractivity contribution in [3.63, 3.8) is 0 Å². The van der Waals surface area contributed by atoms with Gasteiger partial charge in [0.05, 0.1) is 5.60 Å². The molecule has 2 aromatic carbocycles. The Bertz CT molecular complexity index is 1190. The van der Waals surface area contributed by atoms with Gasteiger partial charge in [-0.2, -0.15) is 0 Å². The molecule has 1 unspecified atom stereocenters. The second kappa shape index (κ2) is 22.0. The van der Waals surface area contributed by atoms with Crippen molar-refractivity contribution in [2.24, 2.45) is 0 Å². The first kappa shape index (κ1) is 44.9. The maximum absolute atomic E-state index is 10.6. The van der Waals surface area contributed by atoms with Gasteiger partial charge in [0.15, 0.2) is 5.44 Å². The molecule has 0 saturated heterocycles. The molecule has 4 rings (SSSR count). The maximum Gasteiger partial charge on any atom is 1.00 e. The molecule has 0 radical (unpaired) electrons. The zero-order valence-electron chi connectivity index (χ0n) is 24.0. The van der Waals surface area contributed by atoms with Gasteiger partial charge in [0.1, 0.15) is 15.7 Å². The first-order chi connectivity index (χ1) is 18.2. The van der Waals surface area contributed by atoms with Crippen molar-refractivity contribution < 1.29 is 122 Å². The van der Waals surface area contributed by atoms with Crippen LogP contribution >= 0.6 is 0 Å². The van der Waals surface area contributed by atoms with Gasteiger partial charge in [-0.15, -0.1) is 19.2 Å². The molecule has 0 spiro atoms. The summed E-state index contributed by atoms with van der Waals surface area (Å²) in [6, 6.07) is 19.6. The van der Waals surface area contributed by atoms with Crippen LogP contribution in [0.4, 0.5) is 0 Å². The van der Waals surface area contributed by atoms with E-state index in [4.69, 9.17) is 28.2 Å². The van der Waals surface area contributed by atoms with Gasteiger partial charge in [0.25, 0.3) is 0 Å². The summed E-state index contributed by atoms with van der Waals surface area (Å²) < 4.78 is 57.3. The van der Waals surface area contributed by atoms with E-state index in [0.717, 1.165) is 25.5 Å². The Labute approximate surface area is 286 Å². The molecule has 1 atom stereocenters. The zero-order valence-corrected chi connectivity index (χ0v) is 28.6. The van der Waals surface area contributed by atoms with Gasteiger partial charge < -0.3 is 26.4 Å². The molecule has 0 aliphatic heterocycles. The molecule has 2 aromatic rings. The fourth-order valence-corrected chi connectivity index (χ4v) is 4.88. The molecule has 2 aliphatic carbocycles. The van der Waals surface area contributed by atoms with Crippen molar-refractivity contribution in [1.29, 1.82) is 0 Å². The average molecular weight is 641 g/mol. The van der Waals surface area contributed by atoms with Gasteiger partial charge >= 0.3 is 69.7 Å². The van der Waals surface area contributed by atoms with Crippen LogP contribution in [0.5, 0.6) is 0 Å². The van der Waals surface area contributed by atoms with E-state index >= 15 is 0 Å². The van der Waals surface area contributed by atoms with E-state index in [9.17, 15) is 28.3 Å². The molecule has 0 aromatic heterocycles. The molecular formula is C24H34Na2O13S2. The van der Waals surface area contributed by atoms with Crippen molar-refractivity contribution in [2.75, 3.05) is 7.11 Å². The van der Waals surface area contributed by atoms with Gasteiger partial charge in [-0.25, -0.2) is 18.9 Å². The van der Waals surface area contributed by atoms with Crippen molar-refractivity contribution in [1.82, 2.24) is 0 Å². The van der Waals surface area contributed by atoms with Gasteiger partial charge in [0.2, 0.25) is 0 Å². The Kier molecular flexibility index (Phi) is 24.1. The number of aliphatic hydroxyl groups is 4. The normalized spacial score (nSPS) is 24.1. The predicted molar refractivity (Wildman–Crippen MR) is 138 cm³/mol. The number of aliphatic hydroxyl groups excluding tert-OH is 2. The molecule has 6 N–H and O–H groups in total. The summed E-state index contributed by atoms with van der Waals surface area (Å²) in [5, 5.41) is 51.3. The monoisotopic (exact) mass is 640 g/mol. The Balaban J connectivity index is -0.000000258. The standard InChI is InChI=1S/C12H14O.C11H14O5S.CH4O.2Na.O3S.H2O3.H/c1-2-12(13)8-11(9-12)10-6-4-3-5-7-10;12-10(17(14,15)16)11(13)6-9(7-11)8-4-2-1-3-5-8;1-2;;;1-4(2)3;1-3-2;/h2-7,11,13H,1,8-9H2;1-5,9-10,12-13H,6-7H2,(H,14,15,16);2H,1H3;;;;1-2H;/q;;;2*+1;;;-1/p-1. The Morgan fingerprint density at radius 2 is 1.20 bits per heavy atom. The number of hydrogen-bond acceptors (Lipinski definition) is 13. The van der Waals surface area contributed by atoms with Crippen LogP contribution in [0.25, 0.3) is 0 Å². The minimum absolute atomic E-state index is 0. The summed E-state index contributed by atoms with van der Waals surface area (Å²) in [5.74, 6) is 0.502. The molecule has 13 nitrogen and oxygen atoms in total. The fraction of sp³-hybridized carbons (Fsp3) is 0.417. The second-order valence-corrected chi connectivity index (χ2v) is 10.4. The minimum atomic E-state index is -4.87. The van der Waals surface area contributed by atoms with E-state index in [1.54, 1.807) is 6.08 Å². The van der Waals surface area contributed by atoms with Crippen LogP contribution in [0.2, 0.25) is 0 Å². The third-order valence-corrected chi connectivity index (χ3v) is 7.04. The van der Waals surface area contributed by atoms with E-state index in [0.29, 0.717) is 5.92 Å². The molecular weight excluding hydrogens is 606 g/mol. The molecule has 2 aliphatic rings. The van der Waals surface area contributed by atoms with Crippen molar-refractivity contribution in [2.45, 2.75) is 54.2 Å². The van der Waals surface area contributed by atoms with E-state index in [1.165, 1.54) is 5.56 Å². The first-order valence-electron chi connectivity index (χ1n) is 11.2. The molecule has 0 amide bonds. The number of hydrogen-bond donors (Lipinski definition) is 6. The summed E-state index contributed by atoms with van der Waals surface area (Å²) in [6.07, 6.45) is 3.47. The smallest absolute Gasteiger partial charge is 1.00 e. The quantitative estimate of drug-likeness (QED) is 0.0593. The van der Waals surface area contributed by atoms with E-state index < -0.39 is 37.4 Å². The van der Waals surface area contributed by atoms with Crippen LogP contribution < -0.4 is 59.1 Å². The third kappa shape index (κ3) is 16.2. The summed E-state index contributed by atoms with van der Waals surface area (Å²) in [6.45, 7) is 3.63. The first-order valence-corrected chi connectivity index (χ1v) is 13.7. The maximum atomic E-state index is 10.6. The van der Waals surface area contributed by atoms with Crippen LogP contribution in [0, 0.1) is 0 Å². The van der Waals surface area contributed by atoms with Gasteiger partial charge in [-0.05, 0) is 48.6 Å². The molecule has 222 valence electrons. The zero-order chi connectivity index (χ0) is 30.3. The molecule has 41 heavy (non-hydrogen) atoms. The summed E-state index contributed by atoms with van der Waals surface area (Å²) in [5.41, 5.74) is -2.35. The van der Waals surface area contributed by atoms with Crippen molar-refractivity contribution >= 4 is 20.7 Å². The van der Waals surface area contributed by atoms with Crippen LogP contribution in [-0.2, 0) is 25.8 Å². The minimum Gasteiger partial charge on any atom is -1.00 e. The van der Waals surface area contributed by atoms with Crippen LogP contribution in [-0.4, -0.2) is 80.3 Å². The number of rotatable bonds is 5. The molecule has 2 saturated carbocycles. The Hall–Kier alpha value is -0.570. The molecule has 17 heteroatoms. The van der Waals surface area contributed by atoms with E-state index in [-0.39, 0.29) is 79.3 Å². The van der Waals surface area contributed by atoms with Crippen LogP contribution in [0.15, 0.2) is 73.3 Å². The third-order valence-electron chi connectivity index (χ3n) is 6.05. The van der Waals surface area contributed by atoms with Gasteiger partial charge in [0, 0.05) is 7.11 Å². The molecule has 0 heterocycles. The Morgan fingerprint density at radius 3 is 1.46 bits per heavy atom. The topological polar surface area (TPSA) is 239 Å². The molecule has 2 fully saturated rings. The van der Waals surface area contributed by atoms with Crippen LogP contribution in [0.1, 0.15) is 50.1 Å². The molecule has 0 bridgehead atoms. The largest absolute Gasteiger partial charge is 1.00 e. The average Bonchev–Trinajstić information content (AvgIpc) is 2.87. The summed E-state index contributed by atoms with van der Waals surface area (Å²) in [4.78, 5) is 0. The second-order valence-electron chi connectivity index (χ2n) is 8.57. The Morgan fingerprint density at radius 1 is 0.902 bits per heavy atom. The SMILES string of the molecule is C=CC1(O)CC(c2ccccc2)C1.CO.O=S(=O)([O-])C(O)C1(O)CC(c2ccccc2)C1.O=S(=O)=O.OOO.[H-].[Na+].[Na+]. The van der Waals surface area contributed by atoms with Gasteiger partial charge in [-0.1, -0.05) is 71.8 Å². The van der Waals surface area contributed by atoms with Crippen molar-refractivity contribution in [3.8, 4) is 0 Å². The van der Waals surface area contributed by atoms with Crippen molar-refractivity contribution in [3.05, 3.63) is 84.4 Å². The summed E-state index contributed by atoms with van der Waals surface area (Å²) >= 11 is 0. The van der Waals surface area contributed by atoms with Crippen LogP contribution in [0.3, 0.4) is 0 Å². The van der Waals surface area contributed by atoms with E-state index in [2.05, 4.69) is 23.7 Å². The summed E-state index contributed by atoms with van der Waals surface area (Å²) in [7, 11) is -6.98. The fourth-order valence-electron chi connectivity index (χ4n) is 4.15. The predicted octanol–water partition coefficient (Wildman–Crippen LogP) is -4.69. The van der Waals surface area contributed by atoms with E-state index in [1.807, 2.05) is 48.5 Å². The number of benzene rings is 2.